The lowest BCUT2D eigenvalue weighted by Crippen LogP contribution is -1.99. The first-order chi connectivity index (χ1) is 5.59. The Kier molecular flexibility index (Phi) is 5.43. The van der Waals surface area contributed by atoms with E-state index in [4.69, 9.17) is 5.11 Å². The minimum atomic E-state index is -0.788. The van der Waals surface area contributed by atoms with E-state index in [-0.39, 0.29) is 0 Å². The molecule has 0 saturated heterocycles. The van der Waals surface area contributed by atoms with Gasteiger partial charge in [-0.25, -0.2) is 4.79 Å². The van der Waals surface area contributed by atoms with Crippen molar-refractivity contribution in [2.45, 2.75) is 46.5 Å². The van der Waals surface area contributed by atoms with E-state index in [0.29, 0.717) is 5.57 Å². The number of unbranched alkanes of at least 4 members (excludes halogenated alkanes) is 2. The largest absolute Gasteiger partial charge is 0.478 e. The van der Waals surface area contributed by atoms with Crippen molar-refractivity contribution in [2.24, 2.45) is 0 Å². The molecule has 0 aromatic rings. The molecule has 0 heterocycles. The summed E-state index contributed by atoms with van der Waals surface area (Å²) in [6, 6.07) is 0. The fraction of sp³-hybridized carbons (Fsp3) is 0.700. The quantitative estimate of drug-likeness (QED) is 0.508. The second-order valence-electron chi connectivity index (χ2n) is 3.17. The summed E-state index contributed by atoms with van der Waals surface area (Å²) in [5, 5.41) is 8.65. The van der Waals surface area contributed by atoms with Crippen molar-refractivity contribution < 1.29 is 9.90 Å². The van der Waals surface area contributed by atoms with Crippen LogP contribution >= 0.6 is 0 Å². The molecule has 0 bridgehead atoms. The fourth-order valence-corrected chi connectivity index (χ4v) is 1.01. The summed E-state index contributed by atoms with van der Waals surface area (Å²) in [7, 11) is 0. The molecule has 0 saturated carbocycles. The van der Waals surface area contributed by atoms with E-state index in [1.54, 1.807) is 6.92 Å². The second kappa shape index (κ2) is 5.81. The second-order valence-corrected chi connectivity index (χ2v) is 3.17. The van der Waals surface area contributed by atoms with Gasteiger partial charge in [0.05, 0.1) is 0 Å². The molecule has 0 atom stereocenters. The van der Waals surface area contributed by atoms with Crippen molar-refractivity contribution >= 4 is 5.97 Å². The van der Waals surface area contributed by atoms with Crippen LogP contribution in [0.3, 0.4) is 0 Å². The molecule has 12 heavy (non-hydrogen) atoms. The van der Waals surface area contributed by atoms with Crippen LogP contribution in [-0.2, 0) is 4.79 Å². The van der Waals surface area contributed by atoms with Crippen LogP contribution in [0.1, 0.15) is 46.5 Å². The molecule has 70 valence electrons. The van der Waals surface area contributed by atoms with Crippen molar-refractivity contribution in [3.05, 3.63) is 11.1 Å². The van der Waals surface area contributed by atoms with E-state index in [1.807, 2.05) is 6.92 Å². The molecule has 2 nitrogen and oxygen atoms in total. The van der Waals surface area contributed by atoms with Gasteiger partial charge in [0.2, 0.25) is 0 Å². The Balaban J connectivity index is 3.91. The molecule has 0 fully saturated rings. The molecule has 0 rings (SSSR count). The minimum Gasteiger partial charge on any atom is -0.478 e. The topological polar surface area (TPSA) is 37.3 Å². The van der Waals surface area contributed by atoms with Crippen LogP contribution in [0.5, 0.6) is 0 Å². The zero-order valence-electron chi connectivity index (χ0n) is 8.18. The van der Waals surface area contributed by atoms with Gasteiger partial charge < -0.3 is 5.11 Å². The smallest absolute Gasteiger partial charge is 0.331 e. The molecule has 0 aliphatic carbocycles. The van der Waals surface area contributed by atoms with Crippen LogP contribution in [0.4, 0.5) is 0 Å². The van der Waals surface area contributed by atoms with Gasteiger partial charge in [0, 0.05) is 5.57 Å². The summed E-state index contributed by atoms with van der Waals surface area (Å²) >= 11 is 0. The summed E-state index contributed by atoms with van der Waals surface area (Å²) in [5.74, 6) is -0.788. The van der Waals surface area contributed by atoms with Crippen molar-refractivity contribution in [1.29, 1.82) is 0 Å². The van der Waals surface area contributed by atoms with Gasteiger partial charge in [0.25, 0.3) is 0 Å². The number of carboxylic acid groups (broad SMARTS) is 1. The Labute approximate surface area is 74.3 Å². The average Bonchev–Trinajstić information content (AvgIpc) is 2.03. The number of carbonyl (C=O) groups is 1. The molecule has 0 aromatic carbocycles. The predicted octanol–water partition coefficient (Wildman–Crippen LogP) is 2.99. The standard InChI is InChI=1S/C10H18O2/c1-4-5-6-7-8(2)9(3)10(11)12/h4-7H2,1-3H3,(H,11,12). The third kappa shape index (κ3) is 4.16. The number of allylic oxidation sites excluding steroid dienone is 1. The van der Waals surface area contributed by atoms with E-state index in [9.17, 15) is 4.79 Å². The third-order valence-corrected chi connectivity index (χ3v) is 2.12. The van der Waals surface area contributed by atoms with Crippen LogP contribution in [0.15, 0.2) is 11.1 Å². The van der Waals surface area contributed by atoms with Gasteiger partial charge in [0.15, 0.2) is 0 Å². The zero-order valence-corrected chi connectivity index (χ0v) is 8.18. The number of aliphatic carboxylic acids is 1. The number of carboxylic acids is 1. The maximum atomic E-state index is 10.5. The highest BCUT2D eigenvalue weighted by Gasteiger charge is 2.03. The summed E-state index contributed by atoms with van der Waals surface area (Å²) in [6.07, 6.45) is 4.39. The Hall–Kier alpha value is -0.790. The van der Waals surface area contributed by atoms with Crippen molar-refractivity contribution in [2.75, 3.05) is 0 Å². The van der Waals surface area contributed by atoms with Crippen LogP contribution in [0, 0.1) is 0 Å². The van der Waals surface area contributed by atoms with Crippen molar-refractivity contribution in [1.82, 2.24) is 0 Å². The van der Waals surface area contributed by atoms with Crippen LogP contribution in [0.2, 0.25) is 0 Å². The highest BCUT2D eigenvalue weighted by atomic mass is 16.4. The first-order valence-corrected chi connectivity index (χ1v) is 4.49. The van der Waals surface area contributed by atoms with Gasteiger partial charge in [-0.1, -0.05) is 25.3 Å². The monoisotopic (exact) mass is 170 g/mol. The minimum absolute atomic E-state index is 0.506. The van der Waals surface area contributed by atoms with Gasteiger partial charge in [-0.3, -0.25) is 0 Å². The lowest BCUT2D eigenvalue weighted by atomic mass is 10.0. The maximum Gasteiger partial charge on any atom is 0.331 e. The van der Waals surface area contributed by atoms with Crippen LogP contribution in [0.25, 0.3) is 0 Å². The fourth-order valence-electron chi connectivity index (χ4n) is 1.01. The summed E-state index contributed by atoms with van der Waals surface area (Å²) in [4.78, 5) is 10.5. The van der Waals surface area contributed by atoms with Gasteiger partial charge >= 0.3 is 5.97 Å². The maximum absolute atomic E-state index is 10.5. The Morgan fingerprint density at radius 1 is 1.25 bits per heavy atom. The Morgan fingerprint density at radius 2 is 1.83 bits per heavy atom. The third-order valence-electron chi connectivity index (χ3n) is 2.12. The normalized spacial score (nSPS) is 12.6. The van der Waals surface area contributed by atoms with Crippen molar-refractivity contribution in [3.8, 4) is 0 Å². The molecule has 1 N–H and O–H groups in total. The van der Waals surface area contributed by atoms with E-state index in [1.165, 1.54) is 12.8 Å². The molecule has 0 unspecified atom stereocenters. The average molecular weight is 170 g/mol. The summed E-state index contributed by atoms with van der Waals surface area (Å²) in [6.45, 7) is 5.71. The lowest BCUT2D eigenvalue weighted by molar-refractivity contribution is -0.132. The lowest BCUT2D eigenvalue weighted by Gasteiger charge is -2.02. The summed E-state index contributed by atoms with van der Waals surface area (Å²) < 4.78 is 0. The molecule has 0 amide bonds. The highest BCUT2D eigenvalue weighted by molar-refractivity contribution is 5.86. The van der Waals surface area contributed by atoms with E-state index in [2.05, 4.69) is 6.92 Å². The van der Waals surface area contributed by atoms with Gasteiger partial charge in [-0.2, -0.15) is 0 Å². The Morgan fingerprint density at radius 3 is 2.25 bits per heavy atom. The molecule has 0 spiro atoms. The van der Waals surface area contributed by atoms with Gasteiger partial charge in [0.1, 0.15) is 0 Å². The van der Waals surface area contributed by atoms with Crippen LogP contribution in [-0.4, -0.2) is 11.1 Å². The predicted molar refractivity (Wildman–Crippen MR) is 50.2 cm³/mol. The molecule has 0 aliphatic rings. The molecule has 0 radical (unpaired) electrons. The molecular weight excluding hydrogens is 152 g/mol. The zero-order chi connectivity index (χ0) is 9.56. The summed E-state index contributed by atoms with van der Waals surface area (Å²) in [5.41, 5.74) is 1.52. The van der Waals surface area contributed by atoms with Crippen LogP contribution < -0.4 is 0 Å². The number of hydrogen-bond acceptors (Lipinski definition) is 1. The number of hydrogen-bond donors (Lipinski definition) is 1. The Bertz CT molecular complexity index is 180. The van der Waals surface area contributed by atoms with Crippen molar-refractivity contribution in [3.63, 3.8) is 0 Å². The highest BCUT2D eigenvalue weighted by Crippen LogP contribution is 2.12. The molecule has 0 aliphatic heterocycles. The van der Waals surface area contributed by atoms with E-state index < -0.39 is 5.97 Å². The molecule has 0 aromatic heterocycles. The molecular formula is C10H18O2. The molecule has 2 heteroatoms. The number of rotatable bonds is 5. The van der Waals surface area contributed by atoms with Gasteiger partial charge in [-0.05, 0) is 26.7 Å². The van der Waals surface area contributed by atoms with Gasteiger partial charge in [-0.15, -0.1) is 0 Å². The van der Waals surface area contributed by atoms with E-state index in [0.717, 1.165) is 18.4 Å². The first-order valence-electron chi connectivity index (χ1n) is 4.49. The first kappa shape index (κ1) is 11.2. The SMILES string of the molecule is CCCCCC(C)=C(C)C(=O)O. The van der Waals surface area contributed by atoms with E-state index >= 15 is 0 Å².